The fraction of sp³-hybridized carbons (Fsp3) is 0.500. The van der Waals surface area contributed by atoms with Crippen molar-refractivity contribution < 1.29 is 0 Å². The zero-order valence-corrected chi connectivity index (χ0v) is 17.6. The van der Waals surface area contributed by atoms with Gasteiger partial charge in [0.25, 0.3) is 0 Å². The van der Waals surface area contributed by atoms with Crippen LogP contribution in [-0.4, -0.2) is 4.98 Å². The molecule has 1 aromatic carbocycles. The van der Waals surface area contributed by atoms with Crippen LogP contribution in [0.2, 0.25) is 0 Å². The molecule has 0 amide bonds. The molecule has 0 N–H and O–H groups in total. The van der Waals surface area contributed by atoms with Gasteiger partial charge in [-0.1, -0.05) is 76.1 Å². The molecular weight excluding hydrogens is 326 g/mol. The van der Waals surface area contributed by atoms with Gasteiger partial charge in [0.05, 0.1) is 0 Å². The maximum atomic E-state index is 4.66. The summed E-state index contributed by atoms with van der Waals surface area (Å²) >= 11 is 0. The second-order valence-corrected chi connectivity index (χ2v) is 9.02. The summed E-state index contributed by atoms with van der Waals surface area (Å²) in [5.74, 6) is 0.538. The number of allylic oxidation sites excluding steroid dienone is 1. The summed E-state index contributed by atoms with van der Waals surface area (Å²) in [6, 6.07) is 13.4. The van der Waals surface area contributed by atoms with Crippen molar-refractivity contribution >= 4 is 6.08 Å². The second kappa shape index (κ2) is 8.87. The lowest BCUT2D eigenvalue weighted by Crippen LogP contribution is -2.20. The fourth-order valence-corrected chi connectivity index (χ4v) is 4.29. The first-order valence-corrected chi connectivity index (χ1v) is 10.7. The van der Waals surface area contributed by atoms with E-state index in [0.29, 0.717) is 11.3 Å². The Morgan fingerprint density at radius 3 is 2.52 bits per heavy atom. The molecule has 1 heteroatoms. The molecule has 1 saturated carbocycles. The molecule has 1 nitrogen and oxygen atoms in total. The van der Waals surface area contributed by atoms with Crippen LogP contribution in [0.1, 0.15) is 94.5 Å². The monoisotopic (exact) mass is 361 g/mol. The Bertz CT molecular complexity index is 757. The zero-order valence-electron chi connectivity index (χ0n) is 17.6. The van der Waals surface area contributed by atoms with Gasteiger partial charge < -0.3 is 0 Å². The predicted molar refractivity (Wildman–Crippen MR) is 117 cm³/mol. The van der Waals surface area contributed by atoms with Crippen LogP contribution < -0.4 is 0 Å². The first-order chi connectivity index (χ1) is 13.0. The highest BCUT2D eigenvalue weighted by Crippen LogP contribution is 2.42. The average Bonchev–Trinajstić information content (AvgIpc) is 2.65. The number of rotatable bonds is 6. The van der Waals surface area contributed by atoms with Gasteiger partial charge in [-0.3, -0.25) is 4.98 Å². The van der Waals surface area contributed by atoms with Crippen molar-refractivity contribution in [3.8, 4) is 0 Å². The first-order valence-electron chi connectivity index (χ1n) is 10.7. The molecule has 0 bridgehead atoms. The lowest BCUT2D eigenvalue weighted by atomic mass is 9.71. The van der Waals surface area contributed by atoms with E-state index in [1.165, 1.54) is 55.2 Å². The van der Waals surface area contributed by atoms with E-state index in [1.54, 1.807) is 5.57 Å². The Hall–Kier alpha value is -1.89. The highest BCUT2D eigenvalue weighted by molar-refractivity contribution is 5.54. The minimum atomic E-state index is 0.538. The van der Waals surface area contributed by atoms with E-state index in [2.05, 4.69) is 75.2 Å². The number of aromatic nitrogens is 1. The Labute approximate surface area is 165 Å². The van der Waals surface area contributed by atoms with E-state index < -0.39 is 0 Å². The molecule has 27 heavy (non-hydrogen) atoms. The molecule has 0 saturated heterocycles. The predicted octanol–water partition coefficient (Wildman–Crippen LogP) is 7.56. The summed E-state index contributed by atoms with van der Waals surface area (Å²) in [6.07, 6.45) is 13.3. The van der Waals surface area contributed by atoms with Crippen LogP contribution in [0, 0.1) is 5.41 Å². The summed E-state index contributed by atoms with van der Waals surface area (Å²) in [4.78, 5) is 4.66. The van der Waals surface area contributed by atoms with Crippen LogP contribution in [0.25, 0.3) is 6.08 Å². The van der Waals surface area contributed by atoms with Gasteiger partial charge in [0.1, 0.15) is 0 Å². The summed E-state index contributed by atoms with van der Waals surface area (Å²) in [6.45, 7) is 9.21. The van der Waals surface area contributed by atoms with Crippen molar-refractivity contribution in [3.05, 3.63) is 70.6 Å². The van der Waals surface area contributed by atoms with E-state index in [0.717, 1.165) is 12.1 Å². The Morgan fingerprint density at radius 1 is 1.11 bits per heavy atom. The molecule has 0 aliphatic heterocycles. The van der Waals surface area contributed by atoms with Gasteiger partial charge in [0.2, 0.25) is 0 Å². The Kier molecular flexibility index (Phi) is 6.52. The molecule has 0 spiro atoms. The SMILES string of the molecule is CCCC1(C)CCC(=Cc2cccc(Cc3ccc(C(C)C)cn3)c2)CC1. The van der Waals surface area contributed by atoms with Crippen molar-refractivity contribution in [2.75, 3.05) is 0 Å². The van der Waals surface area contributed by atoms with Crippen LogP contribution in [-0.2, 0) is 6.42 Å². The van der Waals surface area contributed by atoms with Gasteiger partial charge in [0.15, 0.2) is 0 Å². The molecule has 1 aliphatic carbocycles. The maximum Gasteiger partial charge on any atom is 0.0447 e. The third-order valence-electron chi connectivity index (χ3n) is 6.17. The fourth-order valence-electron chi connectivity index (χ4n) is 4.29. The van der Waals surface area contributed by atoms with Crippen LogP contribution in [0.3, 0.4) is 0 Å². The average molecular weight is 362 g/mol. The molecule has 1 heterocycles. The molecule has 1 aromatic heterocycles. The van der Waals surface area contributed by atoms with Crippen LogP contribution in [0.15, 0.2) is 48.2 Å². The Balaban J connectivity index is 1.65. The quantitative estimate of drug-likeness (QED) is 0.517. The summed E-state index contributed by atoms with van der Waals surface area (Å²) in [5.41, 5.74) is 7.35. The molecule has 2 aromatic rings. The first kappa shape index (κ1) is 19.9. The number of hydrogen-bond acceptors (Lipinski definition) is 1. The smallest absolute Gasteiger partial charge is 0.0447 e. The Morgan fingerprint density at radius 2 is 1.89 bits per heavy atom. The molecule has 0 unspecified atom stereocenters. The number of benzene rings is 1. The van der Waals surface area contributed by atoms with Crippen LogP contribution in [0.4, 0.5) is 0 Å². The maximum absolute atomic E-state index is 4.66. The molecular formula is C26H35N. The minimum absolute atomic E-state index is 0.538. The third-order valence-corrected chi connectivity index (χ3v) is 6.17. The lowest BCUT2D eigenvalue weighted by molar-refractivity contribution is 0.224. The summed E-state index contributed by atoms with van der Waals surface area (Å²) in [5, 5.41) is 0. The van der Waals surface area contributed by atoms with E-state index >= 15 is 0 Å². The third kappa shape index (κ3) is 5.54. The van der Waals surface area contributed by atoms with Gasteiger partial charge in [-0.05, 0) is 66.2 Å². The van der Waals surface area contributed by atoms with Gasteiger partial charge >= 0.3 is 0 Å². The summed E-state index contributed by atoms with van der Waals surface area (Å²) < 4.78 is 0. The molecule has 3 rings (SSSR count). The van der Waals surface area contributed by atoms with Crippen LogP contribution >= 0.6 is 0 Å². The number of nitrogens with zero attached hydrogens (tertiary/aromatic N) is 1. The molecule has 0 radical (unpaired) electrons. The normalized spacial score (nSPS) is 20.1. The molecule has 1 aliphatic rings. The van der Waals surface area contributed by atoms with E-state index in [1.807, 2.05) is 6.20 Å². The zero-order chi connectivity index (χ0) is 19.3. The minimum Gasteiger partial charge on any atom is -0.261 e. The van der Waals surface area contributed by atoms with Crippen molar-refractivity contribution in [3.63, 3.8) is 0 Å². The molecule has 144 valence electrons. The lowest BCUT2D eigenvalue weighted by Gasteiger charge is -2.34. The van der Waals surface area contributed by atoms with Crippen molar-refractivity contribution in [2.45, 2.75) is 78.6 Å². The van der Waals surface area contributed by atoms with Crippen LogP contribution in [0.5, 0.6) is 0 Å². The molecule has 1 fully saturated rings. The summed E-state index contributed by atoms with van der Waals surface area (Å²) in [7, 11) is 0. The van der Waals surface area contributed by atoms with Crippen molar-refractivity contribution in [1.82, 2.24) is 4.98 Å². The number of pyridine rings is 1. The largest absolute Gasteiger partial charge is 0.261 e. The van der Waals surface area contributed by atoms with Gasteiger partial charge in [-0.15, -0.1) is 0 Å². The number of hydrogen-bond donors (Lipinski definition) is 0. The standard InChI is InChI=1S/C26H35N/c1-5-13-26(4)14-11-21(12-15-26)16-22-7-6-8-23(17-22)18-25-10-9-24(19-27-25)20(2)3/h6-10,16-17,19-20H,5,11-15,18H2,1-4H3. The van der Waals surface area contributed by atoms with Crippen molar-refractivity contribution in [1.29, 1.82) is 0 Å². The van der Waals surface area contributed by atoms with E-state index in [9.17, 15) is 0 Å². The van der Waals surface area contributed by atoms with Gasteiger partial charge in [-0.25, -0.2) is 0 Å². The van der Waals surface area contributed by atoms with Gasteiger partial charge in [-0.2, -0.15) is 0 Å². The highest BCUT2D eigenvalue weighted by atomic mass is 14.7. The second-order valence-electron chi connectivity index (χ2n) is 9.02. The van der Waals surface area contributed by atoms with E-state index in [4.69, 9.17) is 0 Å². The highest BCUT2D eigenvalue weighted by Gasteiger charge is 2.27. The van der Waals surface area contributed by atoms with Crippen molar-refractivity contribution in [2.24, 2.45) is 5.41 Å². The van der Waals surface area contributed by atoms with Gasteiger partial charge in [0, 0.05) is 18.3 Å². The topological polar surface area (TPSA) is 12.9 Å². The molecule has 0 atom stereocenters. The van der Waals surface area contributed by atoms with E-state index in [-0.39, 0.29) is 0 Å².